The lowest BCUT2D eigenvalue weighted by molar-refractivity contribution is -0.141. The molecule has 4 aliphatic heterocycles. The van der Waals surface area contributed by atoms with Crippen molar-refractivity contribution in [3.63, 3.8) is 0 Å². The van der Waals surface area contributed by atoms with Crippen LogP contribution in [0.2, 0.25) is 0 Å². The van der Waals surface area contributed by atoms with E-state index in [9.17, 15) is 14.4 Å². The highest BCUT2D eigenvalue weighted by Crippen LogP contribution is 2.34. The Kier molecular flexibility index (Phi) is 21.1. The second-order valence-corrected chi connectivity index (χ2v) is 21.5. The summed E-state index contributed by atoms with van der Waals surface area (Å²) in [5.41, 5.74) is -0.0116. The van der Waals surface area contributed by atoms with Crippen LogP contribution in [0.5, 0.6) is 0 Å². The molecule has 348 valence electrons. The first-order valence-electron chi connectivity index (χ1n) is 25.2. The smallest absolute Gasteiger partial charge is 0.240 e. The number of likely N-dealkylation sites (tertiary alicyclic amines) is 3. The normalized spacial score (nSPS) is 29.9. The van der Waals surface area contributed by atoms with Crippen molar-refractivity contribution < 1.29 is 19.1 Å². The van der Waals surface area contributed by atoms with E-state index in [0.717, 1.165) is 109 Å². The third-order valence-corrected chi connectivity index (χ3v) is 15.5. The van der Waals surface area contributed by atoms with Crippen molar-refractivity contribution in [3.8, 4) is 0 Å². The van der Waals surface area contributed by atoms with Crippen LogP contribution in [-0.4, -0.2) is 121 Å². The SMILES string of the molecule is CNC1CCCC(C)(C)N(CC2CCCCCC2)C1=O.CNC1CCCC(C)(C)N(CC2CCCCCC2)C1=O.CNC1CCCC(C)(C)N(CC2CCCCCO2)C1=O. The summed E-state index contributed by atoms with van der Waals surface area (Å²) in [5, 5.41) is 9.62. The lowest BCUT2D eigenvalue weighted by Crippen LogP contribution is -2.54. The Morgan fingerprint density at radius 3 is 1.10 bits per heavy atom. The van der Waals surface area contributed by atoms with Crippen molar-refractivity contribution in [1.82, 2.24) is 30.7 Å². The molecule has 2 saturated carbocycles. The summed E-state index contributed by atoms with van der Waals surface area (Å²) >= 11 is 0. The van der Waals surface area contributed by atoms with Gasteiger partial charge < -0.3 is 35.4 Å². The first kappa shape index (κ1) is 50.9. The van der Waals surface area contributed by atoms with Gasteiger partial charge in [0.15, 0.2) is 0 Å². The lowest BCUT2D eigenvalue weighted by atomic mass is 9.93. The molecule has 0 aromatic carbocycles. The van der Waals surface area contributed by atoms with E-state index >= 15 is 0 Å². The zero-order chi connectivity index (χ0) is 43.8. The van der Waals surface area contributed by atoms with Gasteiger partial charge in [0.05, 0.1) is 24.2 Å². The first-order chi connectivity index (χ1) is 28.6. The molecule has 2 aliphatic carbocycles. The molecule has 4 unspecified atom stereocenters. The zero-order valence-electron chi connectivity index (χ0n) is 40.4. The van der Waals surface area contributed by atoms with Crippen LogP contribution in [0.25, 0.3) is 0 Å². The summed E-state index contributed by atoms with van der Waals surface area (Å²) in [6.07, 6.45) is 30.8. The summed E-state index contributed by atoms with van der Waals surface area (Å²) in [7, 11) is 5.73. The Morgan fingerprint density at radius 1 is 0.433 bits per heavy atom. The molecule has 0 aromatic heterocycles. The summed E-state index contributed by atoms with van der Waals surface area (Å²) in [6, 6.07) is 0.0349. The van der Waals surface area contributed by atoms with Crippen LogP contribution < -0.4 is 16.0 Å². The topological polar surface area (TPSA) is 106 Å². The Hall–Kier alpha value is -1.75. The average molecular weight is 843 g/mol. The molecule has 0 aromatic rings. The van der Waals surface area contributed by atoms with E-state index < -0.39 is 0 Å². The number of nitrogens with zero attached hydrogens (tertiary/aromatic N) is 3. The first-order valence-corrected chi connectivity index (χ1v) is 25.2. The predicted molar refractivity (Wildman–Crippen MR) is 248 cm³/mol. The van der Waals surface area contributed by atoms with Gasteiger partial charge in [-0.15, -0.1) is 0 Å². The van der Waals surface area contributed by atoms with E-state index in [2.05, 4.69) is 72.2 Å². The highest BCUT2D eigenvalue weighted by molar-refractivity contribution is 5.84. The molecule has 6 aliphatic rings. The predicted octanol–water partition coefficient (Wildman–Crippen LogP) is 9.00. The molecule has 10 nitrogen and oxygen atoms in total. The highest BCUT2D eigenvalue weighted by Gasteiger charge is 2.41. The Labute approximate surface area is 368 Å². The molecule has 60 heavy (non-hydrogen) atoms. The summed E-state index contributed by atoms with van der Waals surface area (Å²) in [4.78, 5) is 44.9. The van der Waals surface area contributed by atoms with Crippen LogP contribution in [0.3, 0.4) is 0 Å². The molecule has 10 heteroatoms. The Balaban J connectivity index is 0.000000198. The van der Waals surface area contributed by atoms with Gasteiger partial charge in [0.25, 0.3) is 0 Å². The van der Waals surface area contributed by atoms with Crippen LogP contribution in [0.4, 0.5) is 0 Å². The second-order valence-electron chi connectivity index (χ2n) is 21.5. The molecular formula is C50H94N6O4. The summed E-state index contributed by atoms with van der Waals surface area (Å²) < 4.78 is 5.94. The van der Waals surface area contributed by atoms with Crippen molar-refractivity contribution >= 4 is 17.7 Å². The molecular weight excluding hydrogens is 749 g/mol. The molecule has 4 heterocycles. The number of carbonyl (C=O) groups is 3. The van der Waals surface area contributed by atoms with Crippen molar-refractivity contribution in [2.75, 3.05) is 47.4 Å². The quantitative estimate of drug-likeness (QED) is 0.199. The van der Waals surface area contributed by atoms with Crippen LogP contribution in [0.1, 0.15) is 202 Å². The van der Waals surface area contributed by atoms with Gasteiger partial charge in [0, 0.05) is 42.9 Å². The number of rotatable bonds is 9. The van der Waals surface area contributed by atoms with Crippen molar-refractivity contribution in [2.45, 2.75) is 243 Å². The van der Waals surface area contributed by atoms with E-state index in [4.69, 9.17) is 4.74 Å². The maximum absolute atomic E-state index is 12.8. The zero-order valence-corrected chi connectivity index (χ0v) is 40.4. The molecule has 3 N–H and O–H groups in total. The number of carbonyl (C=O) groups excluding carboxylic acids is 3. The van der Waals surface area contributed by atoms with Gasteiger partial charge >= 0.3 is 0 Å². The maximum Gasteiger partial charge on any atom is 0.240 e. The van der Waals surface area contributed by atoms with E-state index in [1.54, 1.807) is 0 Å². The Morgan fingerprint density at radius 2 is 0.750 bits per heavy atom. The Bertz CT molecular complexity index is 1110. The van der Waals surface area contributed by atoms with Gasteiger partial charge in [-0.2, -0.15) is 0 Å². The fraction of sp³-hybridized carbons (Fsp3) is 0.940. The maximum atomic E-state index is 12.8. The largest absolute Gasteiger partial charge is 0.376 e. The number of nitrogens with one attached hydrogen (secondary N) is 3. The van der Waals surface area contributed by atoms with Crippen LogP contribution in [0, 0.1) is 11.8 Å². The van der Waals surface area contributed by atoms with Crippen LogP contribution in [-0.2, 0) is 19.1 Å². The van der Waals surface area contributed by atoms with Gasteiger partial charge in [0.1, 0.15) is 0 Å². The van der Waals surface area contributed by atoms with Crippen molar-refractivity contribution in [3.05, 3.63) is 0 Å². The van der Waals surface area contributed by atoms with Gasteiger partial charge in [-0.25, -0.2) is 0 Å². The number of hydrogen-bond acceptors (Lipinski definition) is 7. The monoisotopic (exact) mass is 843 g/mol. The third-order valence-electron chi connectivity index (χ3n) is 15.5. The van der Waals surface area contributed by atoms with Crippen LogP contribution in [0.15, 0.2) is 0 Å². The van der Waals surface area contributed by atoms with Gasteiger partial charge in [0.2, 0.25) is 17.7 Å². The molecule has 0 bridgehead atoms. The lowest BCUT2D eigenvalue weighted by Gasteiger charge is -2.40. The van der Waals surface area contributed by atoms with E-state index in [-0.39, 0.29) is 46.8 Å². The minimum atomic E-state index is -0.0572. The van der Waals surface area contributed by atoms with Crippen molar-refractivity contribution in [2.24, 2.45) is 11.8 Å². The number of likely N-dealkylation sites (N-methyl/N-ethyl adjacent to an activating group) is 3. The molecule has 6 rings (SSSR count). The molecule has 4 saturated heterocycles. The molecule has 0 radical (unpaired) electrons. The third kappa shape index (κ3) is 15.2. The minimum absolute atomic E-state index is 0.0228. The summed E-state index contributed by atoms with van der Waals surface area (Å²) in [5.74, 6) is 2.36. The van der Waals surface area contributed by atoms with E-state index in [0.29, 0.717) is 11.8 Å². The van der Waals surface area contributed by atoms with E-state index in [1.165, 1.54) is 89.9 Å². The van der Waals surface area contributed by atoms with Crippen LogP contribution >= 0.6 is 0 Å². The molecule has 4 atom stereocenters. The molecule has 6 fully saturated rings. The second kappa shape index (κ2) is 24.9. The number of ether oxygens (including phenoxy) is 1. The number of hydrogen-bond donors (Lipinski definition) is 3. The summed E-state index contributed by atoms with van der Waals surface area (Å²) in [6.45, 7) is 16.9. The standard InChI is InChI=1S/2C17H32N2O.C16H30N2O2/c2*1-17(2)12-8-11-15(18-3)16(20)19(17)13-14-9-6-4-5-7-10-14;1-16(2)10-7-9-14(17-3)15(19)18(16)12-13-8-5-4-6-11-20-13/h2*14-15,18H,4-13H2,1-3H3;13-14,17H,4-12H2,1-3H3. The molecule has 3 amide bonds. The van der Waals surface area contributed by atoms with Crippen molar-refractivity contribution in [1.29, 1.82) is 0 Å². The van der Waals surface area contributed by atoms with Gasteiger partial charge in [-0.3, -0.25) is 14.4 Å². The fourth-order valence-corrected chi connectivity index (χ4v) is 11.2. The fourth-order valence-electron chi connectivity index (χ4n) is 11.2. The van der Waals surface area contributed by atoms with Gasteiger partial charge in [-0.1, -0.05) is 64.2 Å². The molecule has 0 spiro atoms. The highest BCUT2D eigenvalue weighted by atomic mass is 16.5. The van der Waals surface area contributed by atoms with E-state index in [1.807, 2.05) is 21.1 Å². The van der Waals surface area contributed by atoms with Gasteiger partial charge in [-0.05, 0) is 171 Å². The number of amides is 3. The minimum Gasteiger partial charge on any atom is -0.376 e. The average Bonchev–Trinajstić information content (AvgIpc) is 3.83.